The zero-order chi connectivity index (χ0) is 17.2. The highest BCUT2D eigenvalue weighted by Crippen LogP contribution is 2.26. The van der Waals surface area contributed by atoms with Crippen molar-refractivity contribution < 1.29 is 14.3 Å². The number of hydrogen-bond acceptors (Lipinski definition) is 5. The van der Waals surface area contributed by atoms with Gasteiger partial charge in [-0.15, -0.1) is 5.10 Å². The Morgan fingerprint density at radius 3 is 2.57 bits per heavy atom. The summed E-state index contributed by atoms with van der Waals surface area (Å²) in [5.74, 6) is -0.394. The van der Waals surface area contributed by atoms with E-state index in [1.54, 1.807) is 36.7 Å². The van der Waals surface area contributed by atoms with Gasteiger partial charge < -0.3 is 4.74 Å². The molecule has 2 rings (SSSR count). The smallest absolute Gasteiger partial charge is 0.338 e. The molecule has 0 N–H and O–H groups in total. The second-order valence-electron chi connectivity index (χ2n) is 6.61. The van der Waals surface area contributed by atoms with Crippen LogP contribution in [0.25, 0.3) is 5.69 Å². The second kappa shape index (κ2) is 6.32. The molecule has 1 heterocycles. The number of hydrogen-bond donors (Lipinski definition) is 0. The minimum absolute atomic E-state index is 0.190. The lowest BCUT2D eigenvalue weighted by Crippen LogP contribution is -2.19. The summed E-state index contributed by atoms with van der Waals surface area (Å²) >= 11 is 0. The van der Waals surface area contributed by atoms with Crippen LogP contribution in [0.3, 0.4) is 0 Å². The fraction of sp³-hybridized carbons (Fsp3) is 0.412. The Bertz CT molecular complexity index is 727. The van der Waals surface area contributed by atoms with E-state index in [2.05, 4.69) is 10.3 Å². The highest BCUT2D eigenvalue weighted by atomic mass is 16.5. The Kier molecular flexibility index (Phi) is 4.63. The molecular formula is C17H21N3O3. The van der Waals surface area contributed by atoms with Gasteiger partial charge in [0.25, 0.3) is 0 Å². The SMILES string of the molecule is CC(C)OC(=O)c1cccc(-n2nnc(C=O)c2C(C)(C)C)c1. The highest BCUT2D eigenvalue weighted by molar-refractivity contribution is 5.90. The molecule has 6 nitrogen and oxygen atoms in total. The lowest BCUT2D eigenvalue weighted by atomic mass is 9.90. The first kappa shape index (κ1) is 16.9. The molecule has 0 saturated carbocycles. The Labute approximate surface area is 135 Å². The van der Waals surface area contributed by atoms with Gasteiger partial charge in [-0.25, -0.2) is 9.48 Å². The Morgan fingerprint density at radius 2 is 2.00 bits per heavy atom. The molecule has 122 valence electrons. The van der Waals surface area contributed by atoms with Crippen molar-refractivity contribution in [3.05, 3.63) is 41.2 Å². The van der Waals surface area contributed by atoms with Crippen LogP contribution >= 0.6 is 0 Å². The van der Waals surface area contributed by atoms with E-state index in [0.29, 0.717) is 28.9 Å². The molecular weight excluding hydrogens is 294 g/mol. The number of carbonyl (C=O) groups excluding carboxylic acids is 2. The van der Waals surface area contributed by atoms with Gasteiger partial charge >= 0.3 is 5.97 Å². The summed E-state index contributed by atoms with van der Waals surface area (Å²) in [5, 5.41) is 8.00. The van der Waals surface area contributed by atoms with Crippen molar-refractivity contribution in [3.63, 3.8) is 0 Å². The molecule has 0 bridgehead atoms. The van der Waals surface area contributed by atoms with Gasteiger partial charge in [0.2, 0.25) is 0 Å². The van der Waals surface area contributed by atoms with Gasteiger partial charge in [-0.05, 0) is 32.0 Å². The summed E-state index contributed by atoms with van der Waals surface area (Å²) in [7, 11) is 0. The van der Waals surface area contributed by atoms with E-state index >= 15 is 0 Å². The van der Waals surface area contributed by atoms with Crippen molar-refractivity contribution in [3.8, 4) is 5.69 Å². The van der Waals surface area contributed by atoms with Crippen LogP contribution in [0.5, 0.6) is 0 Å². The maximum Gasteiger partial charge on any atom is 0.338 e. The summed E-state index contributed by atoms with van der Waals surface area (Å²) in [4.78, 5) is 23.3. The predicted molar refractivity (Wildman–Crippen MR) is 86.0 cm³/mol. The molecule has 0 spiro atoms. The number of nitrogens with zero attached hydrogens (tertiary/aromatic N) is 3. The average Bonchev–Trinajstić information content (AvgIpc) is 2.90. The number of ether oxygens (including phenoxy) is 1. The summed E-state index contributed by atoms with van der Waals surface area (Å²) < 4.78 is 6.80. The van der Waals surface area contributed by atoms with Gasteiger partial charge in [-0.2, -0.15) is 0 Å². The number of benzene rings is 1. The standard InChI is InChI=1S/C17H21N3O3/c1-11(2)23-16(22)12-7-6-8-13(9-12)20-15(17(3,4)5)14(10-21)18-19-20/h6-11H,1-5H3. The first-order valence-corrected chi connectivity index (χ1v) is 7.47. The Balaban J connectivity index is 2.50. The van der Waals surface area contributed by atoms with Gasteiger partial charge in [0, 0.05) is 5.41 Å². The molecule has 0 radical (unpaired) electrons. The monoisotopic (exact) mass is 315 g/mol. The van der Waals surface area contributed by atoms with Crippen LogP contribution in [-0.4, -0.2) is 33.4 Å². The average molecular weight is 315 g/mol. The van der Waals surface area contributed by atoms with Crippen LogP contribution in [-0.2, 0) is 10.2 Å². The van der Waals surface area contributed by atoms with Crippen LogP contribution in [0.2, 0.25) is 0 Å². The van der Waals surface area contributed by atoms with Crippen molar-refractivity contribution in [2.45, 2.75) is 46.1 Å². The minimum atomic E-state index is -0.394. The van der Waals surface area contributed by atoms with E-state index in [1.807, 2.05) is 26.8 Å². The van der Waals surface area contributed by atoms with Crippen LogP contribution < -0.4 is 0 Å². The molecule has 0 aliphatic heterocycles. The fourth-order valence-corrected chi connectivity index (χ4v) is 2.30. The summed E-state index contributed by atoms with van der Waals surface area (Å²) in [5.41, 5.74) is 1.76. The summed E-state index contributed by atoms with van der Waals surface area (Å²) in [6, 6.07) is 6.93. The highest BCUT2D eigenvalue weighted by Gasteiger charge is 2.26. The minimum Gasteiger partial charge on any atom is -0.459 e. The number of aromatic nitrogens is 3. The van der Waals surface area contributed by atoms with Gasteiger partial charge in [0.05, 0.1) is 23.0 Å². The zero-order valence-corrected chi connectivity index (χ0v) is 14.0. The van der Waals surface area contributed by atoms with E-state index in [-0.39, 0.29) is 11.5 Å². The largest absolute Gasteiger partial charge is 0.459 e. The van der Waals surface area contributed by atoms with Gasteiger partial charge in [-0.1, -0.05) is 32.1 Å². The fourth-order valence-electron chi connectivity index (χ4n) is 2.30. The summed E-state index contributed by atoms with van der Waals surface area (Å²) in [6.07, 6.45) is 0.505. The quantitative estimate of drug-likeness (QED) is 0.640. The normalized spacial score (nSPS) is 11.6. The molecule has 0 saturated heterocycles. The third-order valence-corrected chi connectivity index (χ3v) is 3.19. The van der Waals surface area contributed by atoms with Crippen molar-refractivity contribution in [1.29, 1.82) is 0 Å². The number of aldehydes is 1. The Morgan fingerprint density at radius 1 is 1.30 bits per heavy atom. The second-order valence-corrected chi connectivity index (χ2v) is 6.61. The molecule has 0 unspecified atom stereocenters. The van der Waals surface area contributed by atoms with Crippen molar-refractivity contribution >= 4 is 12.3 Å². The maximum absolute atomic E-state index is 12.1. The molecule has 1 aromatic carbocycles. The van der Waals surface area contributed by atoms with Crippen LogP contribution in [0.1, 0.15) is 61.2 Å². The molecule has 6 heteroatoms. The first-order valence-electron chi connectivity index (χ1n) is 7.47. The van der Waals surface area contributed by atoms with E-state index in [0.717, 1.165) is 0 Å². The Hall–Kier alpha value is -2.50. The van der Waals surface area contributed by atoms with E-state index in [4.69, 9.17) is 4.74 Å². The van der Waals surface area contributed by atoms with E-state index in [9.17, 15) is 9.59 Å². The lowest BCUT2D eigenvalue weighted by molar-refractivity contribution is 0.0378. The molecule has 23 heavy (non-hydrogen) atoms. The molecule has 0 atom stereocenters. The maximum atomic E-state index is 12.1. The third kappa shape index (κ3) is 3.64. The van der Waals surface area contributed by atoms with Gasteiger partial charge in [0.15, 0.2) is 6.29 Å². The molecule has 0 aliphatic rings. The molecule has 0 fully saturated rings. The number of esters is 1. The van der Waals surface area contributed by atoms with E-state index in [1.165, 1.54) is 0 Å². The van der Waals surface area contributed by atoms with Crippen molar-refractivity contribution in [2.24, 2.45) is 0 Å². The van der Waals surface area contributed by atoms with Crippen LogP contribution in [0.15, 0.2) is 24.3 Å². The third-order valence-electron chi connectivity index (χ3n) is 3.19. The van der Waals surface area contributed by atoms with Crippen LogP contribution in [0.4, 0.5) is 0 Å². The van der Waals surface area contributed by atoms with Crippen LogP contribution in [0, 0.1) is 0 Å². The first-order chi connectivity index (χ1) is 10.7. The van der Waals surface area contributed by atoms with E-state index < -0.39 is 5.97 Å². The van der Waals surface area contributed by atoms with Gasteiger partial charge in [0.1, 0.15) is 5.69 Å². The van der Waals surface area contributed by atoms with Gasteiger partial charge in [-0.3, -0.25) is 4.79 Å². The lowest BCUT2D eigenvalue weighted by Gasteiger charge is -2.20. The summed E-state index contributed by atoms with van der Waals surface area (Å²) in [6.45, 7) is 9.53. The predicted octanol–water partition coefficient (Wildman–Crippen LogP) is 2.94. The molecule has 0 amide bonds. The number of carbonyl (C=O) groups is 2. The van der Waals surface area contributed by atoms with Crippen molar-refractivity contribution in [2.75, 3.05) is 0 Å². The number of rotatable bonds is 4. The molecule has 2 aromatic rings. The topological polar surface area (TPSA) is 74.1 Å². The molecule has 0 aliphatic carbocycles. The van der Waals surface area contributed by atoms with Crippen molar-refractivity contribution in [1.82, 2.24) is 15.0 Å². The zero-order valence-electron chi connectivity index (χ0n) is 14.0. The molecule has 1 aromatic heterocycles.